The van der Waals surface area contributed by atoms with E-state index in [9.17, 15) is 12.8 Å². The molecule has 0 aliphatic heterocycles. The molecule has 2 aromatic carbocycles. The molecule has 4 aromatic rings. The Kier molecular flexibility index (Phi) is 4.74. The van der Waals surface area contributed by atoms with Crippen LogP contribution in [-0.4, -0.2) is 18.4 Å². The highest BCUT2D eigenvalue weighted by Crippen LogP contribution is 2.34. The normalized spacial score (nSPS) is 11.3. The van der Waals surface area contributed by atoms with E-state index in [1.807, 2.05) is 12.1 Å². The van der Waals surface area contributed by atoms with E-state index in [0.29, 0.717) is 11.3 Å². The SMILES string of the molecule is Cc1c(NS(=O)(=O)c2ccc(F)c(C#N)c2)cccc1-c1nc2cccnc2s1. The Balaban J connectivity index is 1.73. The highest BCUT2D eigenvalue weighted by atomic mass is 32.2. The van der Waals surface area contributed by atoms with Crippen molar-refractivity contribution in [1.82, 2.24) is 9.97 Å². The van der Waals surface area contributed by atoms with Crippen molar-refractivity contribution in [3.63, 3.8) is 0 Å². The van der Waals surface area contributed by atoms with E-state index in [1.165, 1.54) is 11.3 Å². The van der Waals surface area contributed by atoms with Crippen LogP contribution in [-0.2, 0) is 10.0 Å². The van der Waals surface area contributed by atoms with Crippen LogP contribution in [0.4, 0.5) is 10.1 Å². The summed E-state index contributed by atoms with van der Waals surface area (Å²) in [6.45, 7) is 1.79. The Bertz CT molecular complexity index is 1360. The van der Waals surface area contributed by atoms with E-state index < -0.39 is 15.8 Å². The number of nitrogens with one attached hydrogen (secondary N) is 1. The van der Waals surface area contributed by atoms with Crippen molar-refractivity contribution in [3.8, 4) is 16.6 Å². The summed E-state index contributed by atoms with van der Waals surface area (Å²) in [7, 11) is -4.01. The van der Waals surface area contributed by atoms with Crippen LogP contribution in [0.2, 0.25) is 0 Å². The maximum atomic E-state index is 13.5. The number of rotatable bonds is 4. The zero-order chi connectivity index (χ0) is 20.6. The Morgan fingerprint density at radius 1 is 1.17 bits per heavy atom. The van der Waals surface area contributed by atoms with Crippen molar-refractivity contribution in [1.29, 1.82) is 5.26 Å². The first-order valence-electron chi connectivity index (χ1n) is 8.43. The minimum Gasteiger partial charge on any atom is -0.279 e. The molecule has 0 atom stereocenters. The molecule has 2 aromatic heterocycles. The average molecular weight is 424 g/mol. The van der Waals surface area contributed by atoms with E-state index in [0.717, 1.165) is 39.1 Å². The summed E-state index contributed by atoms with van der Waals surface area (Å²) >= 11 is 1.42. The van der Waals surface area contributed by atoms with Gasteiger partial charge in [0.1, 0.15) is 27.2 Å². The molecule has 144 valence electrons. The zero-order valence-electron chi connectivity index (χ0n) is 15.0. The molecular weight excluding hydrogens is 411 g/mol. The highest BCUT2D eigenvalue weighted by molar-refractivity contribution is 7.92. The summed E-state index contributed by atoms with van der Waals surface area (Å²) in [5.74, 6) is -0.769. The number of aromatic nitrogens is 2. The van der Waals surface area contributed by atoms with Gasteiger partial charge in [0.2, 0.25) is 0 Å². The monoisotopic (exact) mass is 424 g/mol. The third-order valence-corrected chi connectivity index (χ3v) is 6.72. The number of nitrogens with zero attached hydrogens (tertiary/aromatic N) is 3. The van der Waals surface area contributed by atoms with Gasteiger partial charge in [-0.1, -0.05) is 23.5 Å². The number of anilines is 1. The number of benzene rings is 2. The molecule has 0 radical (unpaired) electrons. The van der Waals surface area contributed by atoms with E-state index >= 15 is 0 Å². The number of pyridine rings is 1. The quantitative estimate of drug-likeness (QED) is 0.521. The van der Waals surface area contributed by atoms with Crippen LogP contribution in [0, 0.1) is 24.1 Å². The van der Waals surface area contributed by atoms with Gasteiger partial charge in [-0.25, -0.2) is 22.8 Å². The highest BCUT2D eigenvalue weighted by Gasteiger charge is 2.19. The predicted octanol–water partition coefficient (Wildman–Crippen LogP) is 4.48. The molecule has 0 aliphatic rings. The van der Waals surface area contributed by atoms with Crippen molar-refractivity contribution in [2.24, 2.45) is 0 Å². The van der Waals surface area contributed by atoms with Crippen LogP contribution in [0.5, 0.6) is 0 Å². The molecule has 0 spiro atoms. The number of fused-ring (bicyclic) bond motifs is 1. The van der Waals surface area contributed by atoms with Gasteiger partial charge in [0.15, 0.2) is 0 Å². The molecule has 6 nitrogen and oxygen atoms in total. The average Bonchev–Trinajstić information content (AvgIpc) is 3.13. The van der Waals surface area contributed by atoms with Crippen LogP contribution in [0.3, 0.4) is 0 Å². The summed E-state index contributed by atoms with van der Waals surface area (Å²) in [5, 5.41) is 9.68. The molecule has 2 heterocycles. The second-order valence-corrected chi connectivity index (χ2v) is 8.84. The molecule has 9 heteroatoms. The molecule has 0 unspecified atom stereocenters. The molecule has 0 saturated carbocycles. The maximum absolute atomic E-state index is 13.5. The van der Waals surface area contributed by atoms with Crippen LogP contribution in [0.25, 0.3) is 20.9 Å². The van der Waals surface area contributed by atoms with E-state index in [4.69, 9.17) is 5.26 Å². The molecule has 0 fully saturated rings. The van der Waals surface area contributed by atoms with E-state index in [1.54, 1.807) is 37.4 Å². The van der Waals surface area contributed by atoms with Crippen molar-refractivity contribution in [2.45, 2.75) is 11.8 Å². The predicted molar refractivity (Wildman–Crippen MR) is 110 cm³/mol. The molecule has 1 N–H and O–H groups in total. The summed E-state index contributed by atoms with van der Waals surface area (Å²) in [6, 6.07) is 13.6. The minimum atomic E-state index is -4.01. The van der Waals surface area contributed by atoms with Gasteiger partial charge in [0.05, 0.1) is 16.1 Å². The number of hydrogen-bond acceptors (Lipinski definition) is 6. The number of nitriles is 1. The summed E-state index contributed by atoms with van der Waals surface area (Å²) in [4.78, 5) is 9.47. The fourth-order valence-corrected chi connectivity index (χ4v) is 4.96. The number of hydrogen-bond donors (Lipinski definition) is 1. The Hall–Kier alpha value is -3.35. The van der Waals surface area contributed by atoms with Crippen molar-refractivity contribution in [3.05, 3.63) is 71.7 Å². The van der Waals surface area contributed by atoms with Crippen molar-refractivity contribution < 1.29 is 12.8 Å². The first-order valence-corrected chi connectivity index (χ1v) is 10.7. The number of halogens is 1. The third-order valence-electron chi connectivity index (χ3n) is 4.34. The smallest absolute Gasteiger partial charge is 0.261 e. The van der Waals surface area contributed by atoms with Crippen LogP contribution in [0.15, 0.2) is 59.6 Å². The summed E-state index contributed by atoms with van der Waals surface area (Å²) < 4.78 is 41.6. The van der Waals surface area contributed by atoms with Gasteiger partial charge in [0.25, 0.3) is 10.0 Å². The summed E-state index contributed by atoms with van der Waals surface area (Å²) in [5.41, 5.74) is 2.29. The first kappa shape index (κ1) is 19.0. The topological polar surface area (TPSA) is 95.7 Å². The molecule has 0 saturated heterocycles. The molecule has 29 heavy (non-hydrogen) atoms. The Morgan fingerprint density at radius 3 is 2.76 bits per heavy atom. The molecular formula is C20H13FN4O2S2. The second kappa shape index (κ2) is 7.24. The molecule has 4 rings (SSSR count). The van der Waals surface area contributed by atoms with Gasteiger partial charge in [-0.2, -0.15) is 5.26 Å². The zero-order valence-corrected chi connectivity index (χ0v) is 16.7. The maximum Gasteiger partial charge on any atom is 0.261 e. The Morgan fingerprint density at radius 2 is 2.00 bits per heavy atom. The lowest BCUT2D eigenvalue weighted by Gasteiger charge is -2.13. The first-order chi connectivity index (χ1) is 13.9. The number of thiazole rings is 1. The van der Waals surface area contributed by atoms with Gasteiger partial charge < -0.3 is 0 Å². The summed E-state index contributed by atoms with van der Waals surface area (Å²) in [6.07, 6.45) is 1.69. The van der Waals surface area contributed by atoms with Crippen LogP contribution in [0.1, 0.15) is 11.1 Å². The van der Waals surface area contributed by atoms with Crippen molar-refractivity contribution in [2.75, 3.05) is 4.72 Å². The van der Waals surface area contributed by atoms with Gasteiger partial charge in [0, 0.05) is 11.8 Å². The lowest BCUT2D eigenvalue weighted by Crippen LogP contribution is -2.14. The molecule has 0 amide bonds. The molecule has 0 aliphatic carbocycles. The largest absolute Gasteiger partial charge is 0.279 e. The lowest BCUT2D eigenvalue weighted by molar-refractivity contribution is 0.599. The fourth-order valence-electron chi connectivity index (χ4n) is 2.82. The van der Waals surface area contributed by atoms with Crippen LogP contribution >= 0.6 is 11.3 Å². The van der Waals surface area contributed by atoms with E-state index in [2.05, 4.69) is 14.7 Å². The van der Waals surface area contributed by atoms with E-state index in [-0.39, 0.29) is 10.5 Å². The van der Waals surface area contributed by atoms with Crippen LogP contribution < -0.4 is 4.72 Å². The van der Waals surface area contributed by atoms with Gasteiger partial charge in [-0.3, -0.25) is 4.72 Å². The Labute approximate surface area is 170 Å². The minimum absolute atomic E-state index is 0.190. The standard InChI is InChI=1S/C20H13FN4O2S2/c1-12-15(19-24-18-6-3-9-23-20(18)28-19)4-2-5-17(12)25-29(26,27)14-7-8-16(21)13(10-14)11-22/h2-10,25H,1H3. The second-order valence-electron chi connectivity index (χ2n) is 6.18. The third kappa shape index (κ3) is 3.55. The molecule has 0 bridgehead atoms. The van der Waals surface area contributed by atoms with Crippen molar-refractivity contribution >= 4 is 37.4 Å². The van der Waals surface area contributed by atoms with Gasteiger partial charge in [-0.15, -0.1) is 0 Å². The van der Waals surface area contributed by atoms with Gasteiger partial charge in [-0.05, 0) is 48.9 Å². The lowest BCUT2D eigenvalue weighted by atomic mass is 10.1. The fraction of sp³-hybridized carbons (Fsp3) is 0.0500. The van der Waals surface area contributed by atoms with Gasteiger partial charge >= 0.3 is 0 Å². The number of sulfonamides is 1.